The summed E-state index contributed by atoms with van der Waals surface area (Å²) in [5, 5.41) is 0. The summed E-state index contributed by atoms with van der Waals surface area (Å²) < 4.78 is 13.7. The van der Waals surface area contributed by atoms with Gasteiger partial charge < -0.3 is 14.7 Å². The Bertz CT molecular complexity index is 538. The van der Waals surface area contributed by atoms with Crippen LogP contribution in [0.2, 0.25) is 0 Å². The van der Waals surface area contributed by atoms with E-state index in [-0.39, 0.29) is 17.5 Å². The lowest BCUT2D eigenvalue weighted by atomic mass is 10.1. The summed E-state index contributed by atoms with van der Waals surface area (Å²) in [4.78, 5) is 29.7. The van der Waals surface area contributed by atoms with Crippen LogP contribution in [-0.2, 0) is 0 Å². The summed E-state index contributed by atoms with van der Waals surface area (Å²) >= 11 is 0. The number of piperazine rings is 1. The van der Waals surface area contributed by atoms with E-state index in [0.29, 0.717) is 39.3 Å². The molecule has 1 aliphatic heterocycles. The van der Waals surface area contributed by atoms with Gasteiger partial charge in [0.15, 0.2) is 0 Å². The van der Waals surface area contributed by atoms with Crippen molar-refractivity contribution in [3.05, 3.63) is 35.6 Å². The summed E-state index contributed by atoms with van der Waals surface area (Å²) in [6.07, 6.45) is 0. The highest BCUT2D eigenvalue weighted by Crippen LogP contribution is 2.13. The summed E-state index contributed by atoms with van der Waals surface area (Å²) in [6, 6.07) is 5.99. The van der Waals surface area contributed by atoms with Crippen LogP contribution in [0, 0.1) is 5.82 Å². The molecule has 1 heterocycles. The first-order valence-electron chi connectivity index (χ1n) is 7.66. The third-order valence-corrected chi connectivity index (χ3v) is 3.98. The standard InChI is InChI=1S/C16H22FN3O2/c1-3-18(4-2)16(22)20-11-9-19(10-12-20)15(21)13-7-5-6-8-14(13)17/h5-8H,3-4,9-12H2,1-2H3. The predicted molar refractivity (Wildman–Crippen MR) is 82.2 cm³/mol. The highest BCUT2D eigenvalue weighted by Gasteiger charge is 2.27. The van der Waals surface area contributed by atoms with Crippen LogP contribution in [0.1, 0.15) is 24.2 Å². The SMILES string of the molecule is CCN(CC)C(=O)N1CCN(C(=O)c2ccccc2F)CC1. The molecule has 0 unspecified atom stereocenters. The number of carbonyl (C=O) groups excluding carboxylic acids is 2. The van der Waals surface area contributed by atoms with Gasteiger partial charge in [0.2, 0.25) is 0 Å². The van der Waals surface area contributed by atoms with Crippen molar-refractivity contribution in [2.75, 3.05) is 39.3 Å². The van der Waals surface area contributed by atoms with Gasteiger partial charge in [0, 0.05) is 39.3 Å². The molecule has 5 nitrogen and oxygen atoms in total. The van der Waals surface area contributed by atoms with Gasteiger partial charge >= 0.3 is 6.03 Å². The van der Waals surface area contributed by atoms with E-state index in [1.165, 1.54) is 12.1 Å². The third kappa shape index (κ3) is 3.37. The molecule has 0 N–H and O–H groups in total. The van der Waals surface area contributed by atoms with E-state index in [0.717, 1.165) is 0 Å². The maximum atomic E-state index is 13.7. The van der Waals surface area contributed by atoms with Crippen LogP contribution in [0.25, 0.3) is 0 Å². The smallest absolute Gasteiger partial charge is 0.320 e. The van der Waals surface area contributed by atoms with E-state index < -0.39 is 5.82 Å². The van der Waals surface area contributed by atoms with Gasteiger partial charge in [0.05, 0.1) is 5.56 Å². The molecule has 6 heteroatoms. The first-order valence-corrected chi connectivity index (χ1v) is 7.66. The van der Waals surface area contributed by atoms with E-state index in [4.69, 9.17) is 0 Å². The van der Waals surface area contributed by atoms with Crippen LogP contribution >= 0.6 is 0 Å². The second-order valence-corrected chi connectivity index (χ2v) is 5.21. The second-order valence-electron chi connectivity index (χ2n) is 5.21. The number of halogens is 1. The van der Waals surface area contributed by atoms with Crippen LogP contribution < -0.4 is 0 Å². The Morgan fingerprint density at radius 2 is 1.59 bits per heavy atom. The molecule has 0 radical (unpaired) electrons. The summed E-state index contributed by atoms with van der Waals surface area (Å²) in [5.41, 5.74) is 0.0889. The van der Waals surface area contributed by atoms with Crippen molar-refractivity contribution in [3.63, 3.8) is 0 Å². The van der Waals surface area contributed by atoms with Crippen LogP contribution in [0.4, 0.5) is 9.18 Å². The van der Waals surface area contributed by atoms with Gasteiger partial charge in [0.1, 0.15) is 5.82 Å². The van der Waals surface area contributed by atoms with Crippen molar-refractivity contribution >= 4 is 11.9 Å². The van der Waals surface area contributed by atoms with E-state index >= 15 is 0 Å². The molecular formula is C16H22FN3O2. The highest BCUT2D eigenvalue weighted by molar-refractivity contribution is 5.94. The third-order valence-electron chi connectivity index (χ3n) is 3.98. The predicted octanol–water partition coefficient (Wildman–Crippen LogP) is 2.05. The van der Waals surface area contributed by atoms with Crippen molar-refractivity contribution in [2.24, 2.45) is 0 Å². The fraction of sp³-hybridized carbons (Fsp3) is 0.500. The molecule has 1 aromatic carbocycles. The second kappa shape index (κ2) is 7.24. The van der Waals surface area contributed by atoms with Gasteiger partial charge in [0.25, 0.3) is 5.91 Å². The maximum Gasteiger partial charge on any atom is 0.320 e. The van der Waals surface area contributed by atoms with Crippen LogP contribution in [-0.4, -0.2) is 65.9 Å². The van der Waals surface area contributed by atoms with Gasteiger partial charge in [-0.1, -0.05) is 12.1 Å². The lowest BCUT2D eigenvalue weighted by Gasteiger charge is -2.37. The minimum atomic E-state index is -0.505. The number of benzene rings is 1. The molecule has 0 saturated carbocycles. The molecule has 22 heavy (non-hydrogen) atoms. The van der Waals surface area contributed by atoms with E-state index in [9.17, 15) is 14.0 Å². The average Bonchev–Trinajstić information content (AvgIpc) is 2.56. The summed E-state index contributed by atoms with van der Waals surface area (Å²) in [7, 11) is 0. The number of urea groups is 1. The molecule has 0 aliphatic carbocycles. The molecule has 0 aromatic heterocycles. The maximum absolute atomic E-state index is 13.7. The minimum absolute atomic E-state index is 0.00277. The molecule has 0 spiro atoms. The largest absolute Gasteiger partial charge is 0.335 e. The van der Waals surface area contributed by atoms with Gasteiger partial charge in [-0.3, -0.25) is 4.79 Å². The zero-order valence-corrected chi connectivity index (χ0v) is 13.1. The number of rotatable bonds is 3. The van der Waals surface area contributed by atoms with Crippen molar-refractivity contribution in [2.45, 2.75) is 13.8 Å². The van der Waals surface area contributed by atoms with Crippen molar-refractivity contribution in [1.82, 2.24) is 14.7 Å². The Labute approximate surface area is 130 Å². The fourth-order valence-electron chi connectivity index (χ4n) is 2.60. The van der Waals surface area contributed by atoms with E-state index in [2.05, 4.69) is 0 Å². The van der Waals surface area contributed by atoms with E-state index in [1.807, 2.05) is 13.8 Å². The van der Waals surface area contributed by atoms with Gasteiger partial charge in [-0.2, -0.15) is 0 Å². The monoisotopic (exact) mass is 307 g/mol. The van der Waals surface area contributed by atoms with Crippen molar-refractivity contribution < 1.29 is 14.0 Å². The Hall–Kier alpha value is -2.11. The van der Waals surface area contributed by atoms with Crippen molar-refractivity contribution in [3.8, 4) is 0 Å². The summed E-state index contributed by atoms with van der Waals surface area (Å²) in [5.74, 6) is -0.817. The minimum Gasteiger partial charge on any atom is -0.335 e. The van der Waals surface area contributed by atoms with Crippen LogP contribution in [0.15, 0.2) is 24.3 Å². The number of nitrogens with zero attached hydrogens (tertiary/aromatic N) is 3. The van der Waals surface area contributed by atoms with Crippen molar-refractivity contribution in [1.29, 1.82) is 0 Å². The molecule has 1 aliphatic rings. The average molecular weight is 307 g/mol. The van der Waals surface area contributed by atoms with Crippen LogP contribution in [0.3, 0.4) is 0 Å². The first kappa shape index (κ1) is 16.3. The lowest BCUT2D eigenvalue weighted by molar-refractivity contribution is 0.0637. The molecule has 1 aromatic rings. The number of hydrogen-bond acceptors (Lipinski definition) is 2. The molecule has 2 rings (SSSR count). The Balaban J connectivity index is 1.96. The molecule has 1 fully saturated rings. The fourth-order valence-corrected chi connectivity index (χ4v) is 2.60. The van der Waals surface area contributed by atoms with Gasteiger partial charge in [-0.25, -0.2) is 9.18 Å². The number of amides is 3. The van der Waals surface area contributed by atoms with Gasteiger partial charge in [-0.15, -0.1) is 0 Å². The number of hydrogen-bond donors (Lipinski definition) is 0. The summed E-state index contributed by atoms with van der Waals surface area (Å²) in [6.45, 7) is 7.05. The molecule has 3 amide bonds. The Morgan fingerprint density at radius 3 is 2.14 bits per heavy atom. The normalized spacial score (nSPS) is 14.9. The highest BCUT2D eigenvalue weighted by atomic mass is 19.1. The molecule has 120 valence electrons. The molecular weight excluding hydrogens is 285 g/mol. The molecule has 1 saturated heterocycles. The quantitative estimate of drug-likeness (QED) is 0.858. The lowest BCUT2D eigenvalue weighted by Crippen LogP contribution is -2.54. The Morgan fingerprint density at radius 1 is 1.05 bits per heavy atom. The zero-order chi connectivity index (χ0) is 16.1. The topological polar surface area (TPSA) is 43.9 Å². The zero-order valence-electron chi connectivity index (χ0n) is 13.1. The number of carbonyl (C=O) groups is 2. The molecule has 0 atom stereocenters. The Kier molecular flexibility index (Phi) is 5.35. The molecule has 0 bridgehead atoms. The van der Waals surface area contributed by atoms with Crippen LogP contribution in [0.5, 0.6) is 0 Å². The first-order chi connectivity index (χ1) is 10.6. The van der Waals surface area contributed by atoms with E-state index in [1.54, 1.807) is 26.8 Å². The van der Waals surface area contributed by atoms with Gasteiger partial charge in [-0.05, 0) is 26.0 Å².